The molecule has 0 heterocycles. The third kappa shape index (κ3) is 1.53. The normalized spacial score (nSPS) is 44.6. The van der Waals surface area contributed by atoms with Crippen LogP contribution < -0.4 is 5.73 Å². The molecule has 2 bridgehead atoms. The molecule has 0 amide bonds. The lowest BCUT2D eigenvalue weighted by Crippen LogP contribution is -2.42. The van der Waals surface area contributed by atoms with Crippen LogP contribution in [0.4, 0.5) is 0 Å². The fourth-order valence-electron chi connectivity index (χ4n) is 3.72. The summed E-state index contributed by atoms with van der Waals surface area (Å²) in [6.45, 7) is 11.4. The Balaban J connectivity index is 2.10. The third-order valence-corrected chi connectivity index (χ3v) is 5.83. The van der Waals surface area contributed by atoms with Crippen LogP contribution in [-0.2, 0) is 4.74 Å². The number of ether oxygens (including phenoxy) is 1. The zero-order valence-corrected chi connectivity index (χ0v) is 11.4. The minimum atomic E-state index is 0.130. The smallest absolute Gasteiger partial charge is 0.0699 e. The molecule has 5 atom stereocenters. The summed E-state index contributed by atoms with van der Waals surface area (Å²) in [5.41, 5.74) is 6.70. The summed E-state index contributed by atoms with van der Waals surface area (Å²) in [5.74, 6) is 0.850. The van der Waals surface area contributed by atoms with Crippen molar-refractivity contribution in [2.75, 3.05) is 0 Å². The zero-order chi connectivity index (χ0) is 12.1. The summed E-state index contributed by atoms with van der Waals surface area (Å²) in [6.07, 6.45) is 4.54. The van der Waals surface area contributed by atoms with E-state index in [1.54, 1.807) is 0 Å². The minimum Gasteiger partial charge on any atom is -0.373 e. The maximum absolute atomic E-state index is 6.22. The van der Waals surface area contributed by atoms with Crippen molar-refractivity contribution in [1.29, 1.82) is 0 Å². The Hall–Kier alpha value is -0.0800. The second-order valence-corrected chi connectivity index (χ2v) is 6.80. The van der Waals surface area contributed by atoms with Gasteiger partial charge in [0.15, 0.2) is 0 Å². The average Bonchev–Trinajstić information content (AvgIpc) is 2.50. The van der Waals surface area contributed by atoms with Gasteiger partial charge in [0.1, 0.15) is 0 Å². The van der Waals surface area contributed by atoms with Gasteiger partial charge in [-0.1, -0.05) is 20.8 Å². The largest absolute Gasteiger partial charge is 0.373 e. The predicted octanol–water partition coefficient (Wildman–Crippen LogP) is 2.95. The van der Waals surface area contributed by atoms with E-state index in [2.05, 4.69) is 27.7 Å². The molecule has 0 aromatic carbocycles. The Morgan fingerprint density at radius 3 is 2.25 bits per heavy atom. The first-order chi connectivity index (χ1) is 7.29. The summed E-state index contributed by atoms with van der Waals surface area (Å²) >= 11 is 0. The molecular weight excluding hydrogens is 198 g/mol. The molecule has 0 saturated heterocycles. The fourth-order valence-corrected chi connectivity index (χ4v) is 3.72. The average molecular weight is 225 g/mol. The number of fused-ring (bicyclic) bond motifs is 2. The second kappa shape index (κ2) is 3.71. The van der Waals surface area contributed by atoms with Crippen LogP contribution in [0.2, 0.25) is 0 Å². The Kier molecular flexibility index (Phi) is 2.87. The van der Waals surface area contributed by atoms with Crippen LogP contribution in [0.5, 0.6) is 0 Å². The maximum Gasteiger partial charge on any atom is 0.0699 e. The van der Waals surface area contributed by atoms with E-state index in [9.17, 15) is 0 Å². The van der Waals surface area contributed by atoms with Gasteiger partial charge in [-0.25, -0.2) is 0 Å². The molecular formula is C14H27NO. The van der Waals surface area contributed by atoms with Gasteiger partial charge in [0.25, 0.3) is 0 Å². The predicted molar refractivity (Wildman–Crippen MR) is 67.2 cm³/mol. The molecule has 2 aliphatic carbocycles. The van der Waals surface area contributed by atoms with Crippen molar-refractivity contribution in [2.45, 2.75) is 72.1 Å². The van der Waals surface area contributed by atoms with Crippen molar-refractivity contribution in [3.63, 3.8) is 0 Å². The highest BCUT2D eigenvalue weighted by Gasteiger charge is 2.62. The van der Waals surface area contributed by atoms with Gasteiger partial charge < -0.3 is 10.5 Å². The minimum absolute atomic E-state index is 0.130. The van der Waals surface area contributed by atoms with E-state index < -0.39 is 0 Å². The van der Waals surface area contributed by atoms with Gasteiger partial charge in [0.2, 0.25) is 0 Å². The summed E-state index contributed by atoms with van der Waals surface area (Å²) < 4.78 is 6.22. The molecule has 2 heteroatoms. The van der Waals surface area contributed by atoms with Gasteiger partial charge in [0, 0.05) is 6.04 Å². The number of rotatable bonds is 3. The summed E-state index contributed by atoms with van der Waals surface area (Å²) in [5, 5.41) is 0. The molecule has 0 radical (unpaired) electrons. The van der Waals surface area contributed by atoms with E-state index in [0.717, 1.165) is 5.92 Å². The molecule has 0 aromatic rings. The maximum atomic E-state index is 6.22. The quantitative estimate of drug-likeness (QED) is 0.801. The van der Waals surface area contributed by atoms with Crippen molar-refractivity contribution in [1.82, 2.24) is 0 Å². The molecule has 2 nitrogen and oxygen atoms in total. The van der Waals surface area contributed by atoms with Crippen LogP contribution in [0.15, 0.2) is 0 Å². The number of hydrogen-bond donors (Lipinski definition) is 1. The van der Waals surface area contributed by atoms with E-state index >= 15 is 0 Å². The van der Waals surface area contributed by atoms with Crippen molar-refractivity contribution in [2.24, 2.45) is 22.5 Å². The van der Waals surface area contributed by atoms with E-state index in [4.69, 9.17) is 10.5 Å². The highest BCUT2D eigenvalue weighted by Crippen LogP contribution is 2.66. The molecule has 2 saturated carbocycles. The molecule has 2 rings (SSSR count). The van der Waals surface area contributed by atoms with Crippen molar-refractivity contribution >= 4 is 0 Å². The topological polar surface area (TPSA) is 35.2 Å². The Morgan fingerprint density at radius 1 is 1.25 bits per heavy atom. The molecule has 16 heavy (non-hydrogen) atoms. The van der Waals surface area contributed by atoms with E-state index in [-0.39, 0.29) is 12.1 Å². The zero-order valence-electron chi connectivity index (χ0n) is 11.4. The fraction of sp³-hybridized carbons (Fsp3) is 1.00. The molecule has 2 aliphatic rings. The Labute approximate surface area is 99.9 Å². The molecule has 0 aliphatic heterocycles. The molecule has 4 unspecified atom stereocenters. The van der Waals surface area contributed by atoms with E-state index in [0.29, 0.717) is 16.9 Å². The first-order valence-electron chi connectivity index (χ1n) is 6.70. The summed E-state index contributed by atoms with van der Waals surface area (Å²) in [6, 6.07) is 0.130. The van der Waals surface area contributed by atoms with Crippen LogP contribution >= 0.6 is 0 Å². The van der Waals surface area contributed by atoms with Crippen LogP contribution in [0.25, 0.3) is 0 Å². The molecule has 2 fully saturated rings. The first-order valence-corrected chi connectivity index (χ1v) is 6.70. The monoisotopic (exact) mass is 225 g/mol. The van der Waals surface area contributed by atoms with Gasteiger partial charge in [-0.15, -0.1) is 0 Å². The van der Waals surface area contributed by atoms with Gasteiger partial charge in [-0.2, -0.15) is 0 Å². The van der Waals surface area contributed by atoms with Crippen LogP contribution in [-0.4, -0.2) is 18.2 Å². The van der Waals surface area contributed by atoms with E-state index in [1.807, 2.05) is 6.92 Å². The SMILES string of the molecule is CC(OC1CC2CCC1(C)C2(C)C)[C@@H](C)N. The van der Waals surface area contributed by atoms with Crippen molar-refractivity contribution in [3.05, 3.63) is 0 Å². The molecule has 94 valence electrons. The highest BCUT2D eigenvalue weighted by molar-refractivity contribution is 5.11. The van der Waals surface area contributed by atoms with Gasteiger partial charge in [0.05, 0.1) is 12.2 Å². The van der Waals surface area contributed by atoms with Gasteiger partial charge >= 0.3 is 0 Å². The number of nitrogens with two attached hydrogens (primary N) is 1. The molecule has 0 aromatic heterocycles. The van der Waals surface area contributed by atoms with Crippen LogP contribution in [0, 0.1) is 16.7 Å². The standard InChI is InChI=1S/C14H27NO/c1-9(15)10(2)16-12-8-11-6-7-14(12,5)13(11,3)4/h9-12H,6-8,15H2,1-5H3/t9-,10?,11?,12?,14?/m1/s1. The first kappa shape index (κ1) is 12.4. The van der Waals surface area contributed by atoms with E-state index in [1.165, 1.54) is 19.3 Å². The lowest BCUT2D eigenvalue weighted by Gasteiger charge is -2.40. The van der Waals surface area contributed by atoms with Gasteiger partial charge in [-0.05, 0) is 49.9 Å². The number of hydrogen-bond acceptors (Lipinski definition) is 2. The Morgan fingerprint density at radius 2 is 1.88 bits per heavy atom. The molecule has 2 N–H and O–H groups in total. The second-order valence-electron chi connectivity index (χ2n) is 6.80. The third-order valence-electron chi connectivity index (χ3n) is 5.83. The van der Waals surface area contributed by atoms with Crippen LogP contribution in [0.3, 0.4) is 0 Å². The van der Waals surface area contributed by atoms with Crippen molar-refractivity contribution in [3.8, 4) is 0 Å². The summed E-state index contributed by atoms with van der Waals surface area (Å²) in [7, 11) is 0. The summed E-state index contributed by atoms with van der Waals surface area (Å²) in [4.78, 5) is 0. The highest BCUT2D eigenvalue weighted by atomic mass is 16.5. The van der Waals surface area contributed by atoms with Gasteiger partial charge in [-0.3, -0.25) is 0 Å². The lowest BCUT2D eigenvalue weighted by atomic mass is 9.70. The van der Waals surface area contributed by atoms with Crippen LogP contribution in [0.1, 0.15) is 53.9 Å². The lowest BCUT2D eigenvalue weighted by molar-refractivity contribution is -0.0856. The Bertz CT molecular complexity index is 274. The molecule has 0 spiro atoms. The van der Waals surface area contributed by atoms with Crippen molar-refractivity contribution < 1.29 is 4.74 Å².